The summed E-state index contributed by atoms with van der Waals surface area (Å²) in [5, 5.41) is 38.3. The van der Waals surface area contributed by atoms with Crippen LogP contribution < -0.4 is 10.4 Å². The minimum atomic E-state index is 0.0739. The van der Waals surface area contributed by atoms with Gasteiger partial charge in [-0.15, -0.1) is 0 Å². The van der Waals surface area contributed by atoms with Crippen LogP contribution in [0.5, 0.6) is 0 Å². The molecule has 0 aliphatic heterocycles. The van der Waals surface area contributed by atoms with Crippen molar-refractivity contribution in [3.8, 4) is 24.3 Å². The summed E-state index contributed by atoms with van der Waals surface area (Å²) < 4.78 is 0. The molecule has 4 nitrogen and oxygen atoms in total. The molecule has 4 heteroatoms. The number of fused-ring (bicyclic) bond motifs is 2. The second-order valence-electron chi connectivity index (χ2n) is 4.94. The predicted octanol–water partition coefficient (Wildman–Crippen LogP) is 1.22. The summed E-state index contributed by atoms with van der Waals surface area (Å²) >= 11 is 0. The van der Waals surface area contributed by atoms with E-state index in [1.807, 2.05) is 48.6 Å². The van der Waals surface area contributed by atoms with Gasteiger partial charge in [-0.05, 0) is 35.1 Å². The molecule has 0 fully saturated rings. The Balaban J connectivity index is 2.70. The highest BCUT2D eigenvalue weighted by molar-refractivity contribution is 5.84. The zero-order chi connectivity index (χ0) is 15.7. The normalized spacial score (nSPS) is 12.5. The number of hydrogen-bond donors (Lipinski definition) is 0. The molecule has 0 heterocycles. The number of benzene rings is 1. The number of nitriles is 4. The summed E-state index contributed by atoms with van der Waals surface area (Å²) in [6.07, 6.45) is 8.78. The minimum absolute atomic E-state index is 0.0739. The van der Waals surface area contributed by atoms with Crippen LogP contribution >= 0.6 is 0 Å². The smallest absolute Gasteiger partial charge is 0.137 e. The third-order valence-electron chi connectivity index (χ3n) is 3.95. The molecule has 2 aliphatic carbocycles. The highest BCUT2D eigenvalue weighted by Gasteiger charge is 2.22. The molecule has 0 saturated carbocycles. The maximum atomic E-state index is 9.25. The summed E-state index contributed by atoms with van der Waals surface area (Å²) in [6.45, 7) is 0. The second kappa shape index (κ2) is 5.06. The lowest BCUT2D eigenvalue weighted by molar-refractivity contribution is 1.19. The molecule has 0 saturated heterocycles. The van der Waals surface area contributed by atoms with Crippen molar-refractivity contribution < 1.29 is 0 Å². The molecule has 100 valence electrons. The Bertz CT molecular complexity index is 936. The van der Waals surface area contributed by atoms with Crippen LogP contribution in [0.2, 0.25) is 0 Å². The van der Waals surface area contributed by atoms with Gasteiger partial charge in [0.25, 0.3) is 0 Å². The van der Waals surface area contributed by atoms with E-state index >= 15 is 0 Å². The van der Waals surface area contributed by atoms with Gasteiger partial charge in [0.15, 0.2) is 0 Å². The van der Waals surface area contributed by atoms with Gasteiger partial charge in [-0.1, -0.05) is 24.3 Å². The van der Waals surface area contributed by atoms with Crippen LogP contribution in [0.1, 0.15) is 22.3 Å². The highest BCUT2D eigenvalue weighted by atomic mass is 14.3. The Morgan fingerprint density at radius 2 is 1.05 bits per heavy atom. The van der Waals surface area contributed by atoms with Crippen LogP contribution in [0.3, 0.4) is 0 Å². The van der Waals surface area contributed by atoms with Gasteiger partial charge >= 0.3 is 0 Å². The van der Waals surface area contributed by atoms with Crippen molar-refractivity contribution in [3.05, 3.63) is 44.8 Å². The molecule has 0 bridgehead atoms. The molecule has 0 radical (unpaired) electrons. The number of hydrogen-bond acceptors (Lipinski definition) is 4. The molecule has 1 aromatic carbocycles. The maximum absolute atomic E-state index is 9.25. The monoisotopic (exact) mass is 280 g/mol. The Morgan fingerprint density at radius 3 is 1.36 bits per heavy atom. The van der Waals surface area contributed by atoms with Crippen LogP contribution in [0, 0.1) is 45.3 Å². The molecule has 0 spiro atoms. The lowest BCUT2D eigenvalue weighted by atomic mass is 9.91. The van der Waals surface area contributed by atoms with Crippen molar-refractivity contribution in [2.24, 2.45) is 0 Å². The SMILES string of the molecule is N#CC(C#N)=c1c2c(c(=C(C#N)C#N)c3c1CC=C3)CC=C2. The maximum Gasteiger partial charge on any atom is 0.137 e. The Labute approximate surface area is 127 Å². The average molecular weight is 280 g/mol. The molecule has 22 heavy (non-hydrogen) atoms. The van der Waals surface area contributed by atoms with Crippen LogP contribution in [-0.2, 0) is 12.8 Å². The van der Waals surface area contributed by atoms with Crippen molar-refractivity contribution in [1.82, 2.24) is 0 Å². The number of rotatable bonds is 0. The number of nitrogens with zero attached hydrogens (tertiary/aromatic N) is 4. The van der Waals surface area contributed by atoms with E-state index in [-0.39, 0.29) is 11.1 Å². The van der Waals surface area contributed by atoms with Crippen LogP contribution in [0.15, 0.2) is 12.2 Å². The standard InChI is InChI=1S/C18H8N4/c19-7-11(8-20)17-13-3-1-4-14(13)18(12(9-21)10-22)16-6-2-5-15(16)17/h1-3,6H,4-5H2. The largest absolute Gasteiger partial charge is 0.192 e. The zero-order valence-corrected chi connectivity index (χ0v) is 11.5. The first kappa shape index (κ1) is 13.4. The van der Waals surface area contributed by atoms with Gasteiger partial charge < -0.3 is 0 Å². The zero-order valence-electron chi connectivity index (χ0n) is 11.5. The quantitative estimate of drug-likeness (QED) is 0.713. The third-order valence-corrected chi connectivity index (χ3v) is 3.95. The topological polar surface area (TPSA) is 95.2 Å². The van der Waals surface area contributed by atoms with E-state index in [1.165, 1.54) is 0 Å². The van der Waals surface area contributed by atoms with E-state index in [9.17, 15) is 21.0 Å². The first-order chi connectivity index (χ1) is 10.8. The molecular weight excluding hydrogens is 272 g/mol. The van der Waals surface area contributed by atoms with Gasteiger partial charge in [0, 0.05) is 10.4 Å². The third kappa shape index (κ3) is 1.66. The summed E-state index contributed by atoms with van der Waals surface area (Å²) in [5.74, 6) is 0. The first-order valence-electron chi connectivity index (χ1n) is 6.66. The lowest BCUT2D eigenvalue weighted by Crippen LogP contribution is -2.27. The average Bonchev–Trinajstić information content (AvgIpc) is 3.19. The first-order valence-corrected chi connectivity index (χ1v) is 6.66. The molecule has 3 rings (SSSR count). The van der Waals surface area contributed by atoms with Crippen molar-refractivity contribution in [2.75, 3.05) is 0 Å². The van der Waals surface area contributed by atoms with Gasteiger partial charge in [0.1, 0.15) is 35.4 Å². The summed E-state index contributed by atoms with van der Waals surface area (Å²) in [5.41, 5.74) is 3.43. The minimum Gasteiger partial charge on any atom is -0.192 e. The number of allylic oxidation sites excluding steroid dienone is 2. The fourth-order valence-corrected chi connectivity index (χ4v) is 3.12. The molecule has 0 amide bonds. The van der Waals surface area contributed by atoms with Gasteiger partial charge in [0.05, 0.1) is 0 Å². The van der Waals surface area contributed by atoms with E-state index in [1.54, 1.807) is 0 Å². The molecule has 0 N–H and O–H groups in total. The fourth-order valence-electron chi connectivity index (χ4n) is 3.12. The van der Waals surface area contributed by atoms with E-state index in [0.717, 1.165) is 22.3 Å². The molecule has 1 aromatic rings. The van der Waals surface area contributed by atoms with Gasteiger partial charge in [-0.3, -0.25) is 0 Å². The molecule has 0 atom stereocenters. The van der Waals surface area contributed by atoms with Crippen molar-refractivity contribution in [1.29, 1.82) is 21.0 Å². The summed E-state index contributed by atoms with van der Waals surface area (Å²) in [4.78, 5) is 0. The molecule has 2 aliphatic rings. The van der Waals surface area contributed by atoms with Crippen molar-refractivity contribution >= 4 is 23.3 Å². The second-order valence-corrected chi connectivity index (χ2v) is 4.94. The van der Waals surface area contributed by atoms with Crippen LogP contribution in [0.25, 0.3) is 23.3 Å². The van der Waals surface area contributed by atoms with Crippen molar-refractivity contribution in [2.45, 2.75) is 12.8 Å². The Morgan fingerprint density at radius 1 is 0.682 bits per heavy atom. The van der Waals surface area contributed by atoms with E-state index in [4.69, 9.17) is 0 Å². The van der Waals surface area contributed by atoms with E-state index in [2.05, 4.69) is 0 Å². The molecule has 0 unspecified atom stereocenters. The van der Waals surface area contributed by atoms with Crippen molar-refractivity contribution in [3.63, 3.8) is 0 Å². The molecular formula is C18H8N4. The highest BCUT2D eigenvalue weighted by Crippen LogP contribution is 2.22. The van der Waals surface area contributed by atoms with Gasteiger partial charge in [-0.2, -0.15) is 21.0 Å². The van der Waals surface area contributed by atoms with E-state index < -0.39 is 0 Å². The van der Waals surface area contributed by atoms with Crippen LogP contribution in [-0.4, -0.2) is 0 Å². The summed E-state index contributed by atoms with van der Waals surface area (Å²) in [6, 6.07) is 7.84. The lowest BCUT2D eigenvalue weighted by Gasteiger charge is -2.10. The van der Waals surface area contributed by atoms with Crippen LogP contribution in [0.4, 0.5) is 0 Å². The van der Waals surface area contributed by atoms with Gasteiger partial charge in [0.2, 0.25) is 0 Å². The Kier molecular flexibility index (Phi) is 3.08. The predicted molar refractivity (Wildman–Crippen MR) is 80.4 cm³/mol. The van der Waals surface area contributed by atoms with Gasteiger partial charge in [-0.25, -0.2) is 0 Å². The molecule has 0 aromatic heterocycles. The Hall–Kier alpha value is -3.60. The summed E-state index contributed by atoms with van der Waals surface area (Å²) in [7, 11) is 0. The van der Waals surface area contributed by atoms with E-state index in [0.29, 0.717) is 23.3 Å². The fraction of sp³-hybridized carbons (Fsp3) is 0.111.